The number of hydrogen-bond acceptors (Lipinski definition) is 4. The standard InChI is InChI=1S/C20H20N3OSi/c1-15-8-7-11-18(24-25(2)3)19(15)23-20(16-9-5-4-6-10-16)17-14-21-12-13-22-17/h4-14H,1-3H3/p+1. The van der Waals surface area contributed by atoms with Crippen LogP contribution < -0.4 is 4.43 Å². The Morgan fingerprint density at radius 1 is 1.04 bits per heavy atom. The molecule has 1 heterocycles. The van der Waals surface area contributed by atoms with Crippen molar-refractivity contribution in [3.8, 4) is 5.75 Å². The Kier molecular flexibility index (Phi) is 5.35. The van der Waals surface area contributed by atoms with E-state index in [1.807, 2.05) is 55.5 Å². The largest absolute Gasteiger partial charge is 1.00 e. The van der Waals surface area contributed by atoms with Gasteiger partial charge >= 0.3 is 1.43 Å². The van der Waals surface area contributed by atoms with Gasteiger partial charge in [0.1, 0.15) is 17.1 Å². The van der Waals surface area contributed by atoms with E-state index in [-0.39, 0.29) is 1.43 Å². The molecule has 0 saturated carbocycles. The summed E-state index contributed by atoms with van der Waals surface area (Å²) in [6.45, 7) is 6.27. The number of aromatic nitrogens is 2. The molecule has 1 radical (unpaired) electrons. The summed E-state index contributed by atoms with van der Waals surface area (Å²) >= 11 is 0. The Morgan fingerprint density at radius 3 is 2.52 bits per heavy atom. The lowest BCUT2D eigenvalue weighted by atomic mass is 10.1. The number of rotatable bonds is 5. The highest BCUT2D eigenvalue weighted by Gasteiger charge is 2.13. The zero-order chi connectivity index (χ0) is 17.6. The average Bonchev–Trinajstić information content (AvgIpc) is 2.62. The molecule has 5 heteroatoms. The van der Waals surface area contributed by atoms with Crippen LogP contribution in [0.15, 0.2) is 72.1 Å². The van der Waals surface area contributed by atoms with Gasteiger partial charge in [-0.1, -0.05) is 42.5 Å². The molecule has 25 heavy (non-hydrogen) atoms. The summed E-state index contributed by atoms with van der Waals surface area (Å²) < 4.78 is 6.06. The smallest absolute Gasteiger partial charge is 0.541 e. The van der Waals surface area contributed by atoms with Gasteiger partial charge in [-0.15, -0.1) is 0 Å². The number of aliphatic imine (C=N–C) groups is 1. The van der Waals surface area contributed by atoms with Gasteiger partial charge in [-0.05, 0) is 31.6 Å². The predicted octanol–water partition coefficient (Wildman–Crippen LogP) is 4.70. The molecule has 0 aliphatic heterocycles. The lowest BCUT2D eigenvalue weighted by molar-refractivity contribution is 0.581. The highest BCUT2D eigenvalue weighted by atomic mass is 28.3. The summed E-state index contributed by atoms with van der Waals surface area (Å²) in [5.41, 5.74) is 4.43. The first-order chi connectivity index (χ1) is 12.1. The summed E-state index contributed by atoms with van der Waals surface area (Å²) in [6, 6.07) is 16.1. The Balaban J connectivity index is 0.00000243. The van der Waals surface area contributed by atoms with Crippen molar-refractivity contribution in [2.75, 3.05) is 0 Å². The summed E-state index contributed by atoms with van der Waals surface area (Å²) in [6.07, 6.45) is 5.08. The van der Waals surface area contributed by atoms with Crippen molar-refractivity contribution in [2.45, 2.75) is 20.0 Å². The van der Waals surface area contributed by atoms with E-state index >= 15 is 0 Å². The van der Waals surface area contributed by atoms with Crippen LogP contribution in [-0.2, 0) is 0 Å². The van der Waals surface area contributed by atoms with Crippen LogP contribution in [0.25, 0.3) is 0 Å². The maximum atomic E-state index is 6.06. The van der Waals surface area contributed by atoms with Crippen LogP contribution in [0.3, 0.4) is 0 Å². The molecule has 0 atom stereocenters. The molecule has 0 aliphatic carbocycles. The summed E-state index contributed by atoms with van der Waals surface area (Å²) in [5, 5.41) is 0. The molecular formula is C20H21N3OSi+. The van der Waals surface area contributed by atoms with Crippen molar-refractivity contribution >= 4 is 20.4 Å². The van der Waals surface area contributed by atoms with Crippen molar-refractivity contribution in [3.05, 3.63) is 83.9 Å². The van der Waals surface area contributed by atoms with Crippen molar-refractivity contribution in [2.24, 2.45) is 4.99 Å². The number of aryl methyl sites for hydroxylation is 1. The van der Waals surface area contributed by atoms with E-state index < -0.39 is 9.04 Å². The minimum absolute atomic E-state index is 0. The lowest BCUT2D eigenvalue weighted by Gasteiger charge is -2.14. The lowest BCUT2D eigenvalue weighted by Crippen LogP contribution is -2.12. The highest BCUT2D eigenvalue weighted by molar-refractivity contribution is 6.49. The zero-order valence-corrected chi connectivity index (χ0v) is 15.6. The summed E-state index contributed by atoms with van der Waals surface area (Å²) in [5.74, 6) is 0.816. The third-order valence-electron chi connectivity index (χ3n) is 3.59. The van der Waals surface area contributed by atoms with Crippen LogP contribution in [0, 0.1) is 6.92 Å². The minimum Gasteiger partial charge on any atom is -0.541 e. The molecule has 3 aromatic rings. The maximum Gasteiger partial charge on any atom is 1.00 e. The molecule has 0 amide bonds. The summed E-state index contributed by atoms with van der Waals surface area (Å²) in [4.78, 5) is 13.6. The molecule has 2 aromatic carbocycles. The quantitative estimate of drug-likeness (QED) is 0.496. The van der Waals surface area contributed by atoms with Gasteiger partial charge in [-0.3, -0.25) is 9.97 Å². The molecule has 0 saturated heterocycles. The van der Waals surface area contributed by atoms with Crippen LogP contribution in [0.4, 0.5) is 5.69 Å². The van der Waals surface area contributed by atoms with E-state index in [2.05, 4.69) is 23.1 Å². The van der Waals surface area contributed by atoms with Crippen molar-refractivity contribution in [1.29, 1.82) is 0 Å². The number of hydrogen-bond donors (Lipinski definition) is 0. The average molecular weight is 347 g/mol. The number of benzene rings is 2. The Labute approximate surface area is 151 Å². The molecule has 3 rings (SSSR count). The van der Waals surface area contributed by atoms with E-state index in [1.54, 1.807) is 18.6 Å². The fourth-order valence-corrected chi connectivity index (χ4v) is 3.08. The minimum atomic E-state index is -0.886. The molecule has 0 spiro atoms. The molecular weight excluding hydrogens is 326 g/mol. The van der Waals surface area contributed by atoms with Crippen LogP contribution >= 0.6 is 0 Å². The summed E-state index contributed by atoms with van der Waals surface area (Å²) in [7, 11) is -0.886. The molecule has 0 aliphatic rings. The van der Waals surface area contributed by atoms with Crippen molar-refractivity contribution in [3.63, 3.8) is 0 Å². The van der Waals surface area contributed by atoms with E-state index in [0.29, 0.717) is 0 Å². The van der Waals surface area contributed by atoms with Gasteiger partial charge in [0, 0.05) is 18.0 Å². The van der Waals surface area contributed by atoms with Gasteiger partial charge in [-0.2, -0.15) is 0 Å². The van der Waals surface area contributed by atoms with Crippen LogP contribution in [-0.4, -0.2) is 24.7 Å². The fraction of sp³-hybridized carbons (Fsp3) is 0.150. The third kappa shape index (κ3) is 4.19. The van der Waals surface area contributed by atoms with Crippen molar-refractivity contribution < 1.29 is 5.85 Å². The van der Waals surface area contributed by atoms with Gasteiger partial charge in [0.25, 0.3) is 9.04 Å². The second kappa shape index (κ2) is 7.85. The van der Waals surface area contributed by atoms with Gasteiger partial charge in [-0.25, -0.2) is 4.99 Å². The second-order valence-corrected chi connectivity index (χ2v) is 7.87. The predicted molar refractivity (Wildman–Crippen MR) is 104 cm³/mol. The fourth-order valence-electron chi connectivity index (χ4n) is 2.48. The first-order valence-corrected chi connectivity index (χ1v) is 10.5. The molecule has 0 unspecified atom stereocenters. The zero-order valence-electron chi connectivity index (χ0n) is 15.6. The van der Waals surface area contributed by atoms with E-state index in [1.165, 1.54) is 0 Å². The van der Waals surface area contributed by atoms with Gasteiger partial charge in [0.2, 0.25) is 0 Å². The first kappa shape index (κ1) is 17.0. The van der Waals surface area contributed by atoms with Crippen molar-refractivity contribution in [1.82, 2.24) is 9.97 Å². The molecule has 0 fully saturated rings. The normalized spacial score (nSPS) is 11.6. The Morgan fingerprint density at radius 2 is 1.84 bits per heavy atom. The van der Waals surface area contributed by atoms with E-state index in [0.717, 1.165) is 34.0 Å². The van der Waals surface area contributed by atoms with Crippen LogP contribution in [0.5, 0.6) is 5.75 Å². The van der Waals surface area contributed by atoms with Crippen LogP contribution in [0.1, 0.15) is 18.2 Å². The van der Waals surface area contributed by atoms with E-state index in [9.17, 15) is 0 Å². The number of nitrogens with zero attached hydrogens (tertiary/aromatic N) is 3. The molecule has 0 bridgehead atoms. The monoisotopic (exact) mass is 347 g/mol. The molecule has 1 aromatic heterocycles. The highest BCUT2D eigenvalue weighted by Crippen LogP contribution is 2.32. The third-order valence-corrected chi connectivity index (χ3v) is 4.22. The van der Waals surface area contributed by atoms with Gasteiger partial charge < -0.3 is 4.43 Å². The topological polar surface area (TPSA) is 47.4 Å². The van der Waals surface area contributed by atoms with Gasteiger partial charge in [0.15, 0.2) is 0 Å². The Hall–Kier alpha value is -2.79. The van der Waals surface area contributed by atoms with Crippen LogP contribution in [0.2, 0.25) is 13.1 Å². The van der Waals surface area contributed by atoms with Gasteiger partial charge in [0.05, 0.1) is 11.9 Å². The molecule has 4 nitrogen and oxygen atoms in total. The number of para-hydroxylation sites is 1. The Bertz CT molecular complexity index is 829. The SMILES string of the molecule is Cc1cccc(O[Si](C)C)c1N=C(c1ccccc1)c1cnccn1.[H+]. The first-order valence-electron chi connectivity index (χ1n) is 8.13. The molecule has 125 valence electrons. The van der Waals surface area contributed by atoms with E-state index in [4.69, 9.17) is 9.42 Å². The second-order valence-electron chi connectivity index (χ2n) is 5.85. The maximum absolute atomic E-state index is 6.06. The molecule has 0 N–H and O–H groups in total.